The molecule has 1 unspecified atom stereocenters. The van der Waals surface area contributed by atoms with E-state index in [0.29, 0.717) is 5.02 Å². The molecule has 20 heavy (non-hydrogen) atoms. The summed E-state index contributed by atoms with van der Waals surface area (Å²) in [5.41, 5.74) is 3.04. The molecular formula is C16H17Cl2NO. The molecular weight excluding hydrogens is 293 g/mol. The fourth-order valence-corrected chi connectivity index (χ4v) is 2.39. The van der Waals surface area contributed by atoms with Gasteiger partial charge in [0.2, 0.25) is 0 Å². The predicted molar refractivity (Wildman–Crippen MR) is 86.2 cm³/mol. The third-order valence-electron chi connectivity index (χ3n) is 3.20. The number of hydrogen-bond acceptors (Lipinski definition) is 2. The van der Waals surface area contributed by atoms with Crippen molar-refractivity contribution in [1.82, 2.24) is 0 Å². The molecule has 2 nitrogen and oxygen atoms in total. The standard InChI is InChI=1S/C16H17Cl2NO/c1-10-7-15(16(20-3)9-14(10)18)19-11(2)12-5-4-6-13(17)8-12/h4-9,11,19H,1-3H3. The Morgan fingerprint density at radius 1 is 1.15 bits per heavy atom. The van der Waals surface area contributed by atoms with Crippen LogP contribution in [0.2, 0.25) is 10.0 Å². The van der Waals surface area contributed by atoms with Crippen molar-refractivity contribution in [2.75, 3.05) is 12.4 Å². The first-order valence-corrected chi connectivity index (χ1v) is 7.13. The van der Waals surface area contributed by atoms with Gasteiger partial charge >= 0.3 is 0 Å². The highest BCUT2D eigenvalue weighted by atomic mass is 35.5. The van der Waals surface area contributed by atoms with E-state index >= 15 is 0 Å². The summed E-state index contributed by atoms with van der Waals surface area (Å²) in [6.45, 7) is 4.05. The lowest BCUT2D eigenvalue weighted by Gasteiger charge is -2.19. The van der Waals surface area contributed by atoms with Crippen molar-refractivity contribution < 1.29 is 4.74 Å². The summed E-state index contributed by atoms with van der Waals surface area (Å²) in [6.07, 6.45) is 0. The van der Waals surface area contributed by atoms with Gasteiger partial charge in [-0.1, -0.05) is 35.3 Å². The van der Waals surface area contributed by atoms with E-state index < -0.39 is 0 Å². The smallest absolute Gasteiger partial charge is 0.143 e. The molecule has 0 aliphatic heterocycles. The Morgan fingerprint density at radius 2 is 1.90 bits per heavy atom. The van der Waals surface area contributed by atoms with Gasteiger partial charge in [0.05, 0.1) is 12.8 Å². The van der Waals surface area contributed by atoms with Crippen LogP contribution in [0.3, 0.4) is 0 Å². The first-order chi connectivity index (χ1) is 9.51. The fraction of sp³-hybridized carbons (Fsp3) is 0.250. The molecule has 1 atom stereocenters. The van der Waals surface area contributed by atoms with Crippen LogP contribution in [0.15, 0.2) is 36.4 Å². The van der Waals surface area contributed by atoms with Gasteiger partial charge in [0, 0.05) is 22.2 Å². The molecule has 1 N–H and O–H groups in total. The molecule has 0 aromatic heterocycles. The van der Waals surface area contributed by atoms with Crippen molar-refractivity contribution >= 4 is 28.9 Å². The van der Waals surface area contributed by atoms with E-state index in [9.17, 15) is 0 Å². The third kappa shape index (κ3) is 3.38. The first-order valence-electron chi connectivity index (χ1n) is 6.37. The minimum atomic E-state index is 0.114. The van der Waals surface area contributed by atoms with Gasteiger partial charge < -0.3 is 10.1 Å². The van der Waals surface area contributed by atoms with Crippen molar-refractivity contribution in [3.63, 3.8) is 0 Å². The molecule has 0 saturated heterocycles. The van der Waals surface area contributed by atoms with Crippen LogP contribution in [0.25, 0.3) is 0 Å². The lowest BCUT2D eigenvalue weighted by molar-refractivity contribution is 0.416. The van der Waals surface area contributed by atoms with Gasteiger partial charge in [0.15, 0.2) is 0 Å². The molecule has 0 fully saturated rings. The molecule has 0 heterocycles. The van der Waals surface area contributed by atoms with Crippen LogP contribution in [-0.4, -0.2) is 7.11 Å². The Balaban J connectivity index is 2.27. The number of anilines is 1. The van der Waals surface area contributed by atoms with Crippen molar-refractivity contribution in [2.24, 2.45) is 0 Å². The van der Waals surface area contributed by atoms with Crippen molar-refractivity contribution in [2.45, 2.75) is 19.9 Å². The average Bonchev–Trinajstić information content (AvgIpc) is 2.42. The number of ether oxygens (including phenoxy) is 1. The summed E-state index contributed by atoms with van der Waals surface area (Å²) in [5.74, 6) is 0.731. The predicted octanol–water partition coefficient (Wildman–Crippen LogP) is 5.48. The second-order valence-corrected chi connectivity index (χ2v) is 5.57. The van der Waals surface area contributed by atoms with Crippen LogP contribution in [0, 0.1) is 6.92 Å². The molecule has 0 bridgehead atoms. The van der Waals surface area contributed by atoms with E-state index in [-0.39, 0.29) is 6.04 Å². The monoisotopic (exact) mass is 309 g/mol. The lowest BCUT2D eigenvalue weighted by atomic mass is 10.1. The van der Waals surface area contributed by atoms with Gasteiger partial charge in [-0.05, 0) is 43.2 Å². The normalized spacial score (nSPS) is 12.1. The second kappa shape index (κ2) is 6.38. The van der Waals surface area contributed by atoms with E-state index in [1.807, 2.05) is 43.3 Å². The summed E-state index contributed by atoms with van der Waals surface area (Å²) >= 11 is 12.1. The molecule has 2 aromatic carbocycles. The van der Waals surface area contributed by atoms with Gasteiger partial charge in [-0.25, -0.2) is 0 Å². The Labute approximate surface area is 129 Å². The summed E-state index contributed by atoms with van der Waals surface area (Å²) in [5, 5.41) is 4.86. The van der Waals surface area contributed by atoms with E-state index in [1.165, 1.54) is 0 Å². The fourth-order valence-electron chi connectivity index (χ4n) is 2.04. The number of benzene rings is 2. The Hall–Kier alpha value is -1.38. The SMILES string of the molecule is COc1cc(Cl)c(C)cc1NC(C)c1cccc(Cl)c1. The zero-order valence-electron chi connectivity index (χ0n) is 11.7. The maximum Gasteiger partial charge on any atom is 0.143 e. The van der Waals surface area contributed by atoms with Gasteiger partial charge in [0.25, 0.3) is 0 Å². The molecule has 2 rings (SSSR count). The van der Waals surface area contributed by atoms with E-state index in [0.717, 1.165) is 27.6 Å². The summed E-state index contributed by atoms with van der Waals surface area (Å²) in [6, 6.07) is 11.7. The maximum absolute atomic E-state index is 6.11. The number of hydrogen-bond donors (Lipinski definition) is 1. The van der Waals surface area contributed by atoms with E-state index in [1.54, 1.807) is 7.11 Å². The highest BCUT2D eigenvalue weighted by molar-refractivity contribution is 6.31. The minimum Gasteiger partial charge on any atom is -0.495 e. The largest absolute Gasteiger partial charge is 0.495 e. The molecule has 0 aliphatic carbocycles. The quantitative estimate of drug-likeness (QED) is 0.807. The van der Waals surface area contributed by atoms with Crippen LogP contribution < -0.4 is 10.1 Å². The number of halogens is 2. The third-order valence-corrected chi connectivity index (χ3v) is 3.84. The molecule has 4 heteroatoms. The highest BCUT2D eigenvalue weighted by Gasteiger charge is 2.11. The van der Waals surface area contributed by atoms with Gasteiger partial charge in [-0.15, -0.1) is 0 Å². The number of aryl methyl sites for hydroxylation is 1. The van der Waals surface area contributed by atoms with Crippen LogP contribution in [0.1, 0.15) is 24.1 Å². The van der Waals surface area contributed by atoms with Crippen molar-refractivity contribution in [3.8, 4) is 5.75 Å². The Kier molecular flexibility index (Phi) is 4.79. The van der Waals surface area contributed by atoms with E-state index in [2.05, 4.69) is 12.2 Å². The Morgan fingerprint density at radius 3 is 2.55 bits per heavy atom. The first kappa shape index (κ1) is 15.0. The number of rotatable bonds is 4. The summed E-state index contributed by atoms with van der Waals surface area (Å²) in [4.78, 5) is 0. The second-order valence-electron chi connectivity index (χ2n) is 4.72. The lowest BCUT2D eigenvalue weighted by Crippen LogP contribution is -2.08. The van der Waals surface area contributed by atoms with Crippen LogP contribution >= 0.6 is 23.2 Å². The molecule has 0 spiro atoms. The van der Waals surface area contributed by atoms with Gasteiger partial charge in [-0.3, -0.25) is 0 Å². The minimum absolute atomic E-state index is 0.114. The average molecular weight is 310 g/mol. The van der Waals surface area contributed by atoms with Crippen LogP contribution in [-0.2, 0) is 0 Å². The number of nitrogens with one attached hydrogen (secondary N) is 1. The van der Waals surface area contributed by atoms with Crippen molar-refractivity contribution in [3.05, 3.63) is 57.6 Å². The maximum atomic E-state index is 6.11. The zero-order chi connectivity index (χ0) is 14.7. The van der Waals surface area contributed by atoms with E-state index in [4.69, 9.17) is 27.9 Å². The zero-order valence-corrected chi connectivity index (χ0v) is 13.2. The molecule has 2 aromatic rings. The topological polar surface area (TPSA) is 21.3 Å². The Bertz CT molecular complexity index is 613. The van der Waals surface area contributed by atoms with Crippen molar-refractivity contribution in [1.29, 1.82) is 0 Å². The molecule has 0 amide bonds. The summed E-state index contributed by atoms with van der Waals surface area (Å²) in [7, 11) is 1.64. The summed E-state index contributed by atoms with van der Waals surface area (Å²) < 4.78 is 5.37. The van der Waals surface area contributed by atoms with Crippen LogP contribution in [0.5, 0.6) is 5.75 Å². The van der Waals surface area contributed by atoms with Gasteiger partial charge in [0.1, 0.15) is 5.75 Å². The number of methoxy groups -OCH3 is 1. The van der Waals surface area contributed by atoms with Gasteiger partial charge in [-0.2, -0.15) is 0 Å². The molecule has 0 aliphatic rings. The highest BCUT2D eigenvalue weighted by Crippen LogP contribution is 2.33. The van der Waals surface area contributed by atoms with Crippen LogP contribution in [0.4, 0.5) is 5.69 Å². The molecule has 0 radical (unpaired) electrons. The molecule has 106 valence electrons. The molecule has 0 saturated carbocycles.